The Bertz CT molecular complexity index is 865. The van der Waals surface area contributed by atoms with Crippen molar-refractivity contribution in [2.75, 3.05) is 0 Å². The van der Waals surface area contributed by atoms with Crippen LogP contribution in [0.25, 0.3) is 11.8 Å². The summed E-state index contributed by atoms with van der Waals surface area (Å²) in [6.07, 6.45) is 7.68. The minimum atomic E-state index is 0.110. The summed E-state index contributed by atoms with van der Waals surface area (Å²) >= 11 is 0. The molecule has 0 bridgehead atoms. The lowest BCUT2D eigenvalue weighted by molar-refractivity contribution is 0.157. The van der Waals surface area contributed by atoms with Crippen molar-refractivity contribution in [1.29, 1.82) is 0 Å². The molecule has 0 aliphatic carbocycles. The third-order valence-corrected chi connectivity index (χ3v) is 4.81. The van der Waals surface area contributed by atoms with Crippen LogP contribution >= 0.6 is 0 Å². The predicted octanol–water partition coefficient (Wildman–Crippen LogP) is 6.48. The molecule has 1 heterocycles. The summed E-state index contributed by atoms with van der Waals surface area (Å²) in [5.41, 5.74) is 5.06. The zero-order chi connectivity index (χ0) is 17.6. The second-order valence-electron chi connectivity index (χ2n) is 6.67. The molecule has 3 aromatic carbocycles. The van der Waals surface area contributed by atoms with Gasteiger partial charge in [-0.2, -0.15) is 0 Å². The van der Waals surface area contributed by atoms with E-state index in [1.54, 1.807) is 0 Å². The van der Waals surface area contributed by atoms with Crippen LogP contribution in [0.1, 0.15) is 41.2 Å². The lowest BCUT2D eigenvalue weighted by atomic mass is 9.94. The van der Waals surface area contributed by atoms with Crippen molar-refractivity contribution in [3.05, 3.63) is 114 Å². The Morgan fingerprint density at radius 2 is 1.46 bits per heavy atom. The van der Waals surface area contributed by atoms with Crippen LogP contribution in [0.5, 0.6) is 0 Å². The largest absolute Gasteiger partial charge is 0.485 e. The minimum Gasteiger partial charge on any atom is -0.485 e. The van der Waals surface area contributed by atoms with Crippen LogP contribution in [0.3, 0.4) is 0 Å². The quantitative estimate of drug-likeness (QED) is 0.369. The molecule has 26 heavy (non-hydrogen) atoms. The summed E-state index contributed by atoms with van der Waals surface area (Å²) in [5.74, 6) is 0.970. The molecule has 0 amide bonds. The summed E-state index contributed by atoms with van der Waals surface area (Å²) in [5, 5.41) is 0. The molecular weight excluding hydrogens is 316 g/mol. The summed E-state index contributed by atoms with van der Waals surface area (Å²) in [6.45, 7) is 0. The average Bonchev–Trinajstić information content (AvgIpc) is 2.72. The van der Waals surface area contributed by atoms with Gasteiger partial charge in [0.25, 0.3) is 0 Å². The van der Waals surface area contributed by atoms with E-state index in [2.05, 4.69) is 91.4 Å². The van der Waals surface area contributed by atoms with E-state index in [9.17, 15) is 0 Å². The zero-order valence-electron chi connectivity index (χ0n) is 14.8. The van der Waals surface area contributed by atoms with Crippen LogP contribution in [0.2, 0.25) is 0 Å². The van der Waals surface area contributed by atoms with Gasteiger partial charge in [0, 0.05) is 12.0 Å². The highest BCUT2D eigenvalue weighted by Gasteiger charge is 2.23. The van der Waals surface area contributed by atoms with Crippen molar-refractivity contribution in [2.45, 2.75) is 25.4 Å². The Morgan fingerprint density at radius 1 is 0.769 bits per heavy atom. The zero-order valence-corrected chi connectivity index (χ0v) is 14.8. The van der Waals surface area contributed by atoms with Gasteiger partial charge in [0.1, 0.15) is 18.3 Å². The molecule has 0 saturated heterocycles. The molecular formula is C25H23O+. The van der Waals surface area contributed by atoms with Crippen molar-refractivity contribution in [3.63, 3.8) is 0 Å². The van der Waals surface area contributed by atoms with Gasteiger partial charge in [-0.25, -0.2) is 0 Å². The average molecular weight is 339 g/mol. The van der Waals surface area contributed by atoms with Crippen molar-refractivity contribution in [1.82, 2.24) is 0 Å². The number of hydrogen-bond acceptors (Lipinski definition) is 1. The first-order valence-electron chi connectivity index (χ1n) is 9.28. The molecule has 0 N–H and O–H groups in total. The molecule has 0 saturated carbocycles. The Morgan fingerprint density at radius 3 is 2.27 bits per heavy atom. The monoisotopic (exact) mass is 339 g/mol. The summed E-state index contributed by atoms with van der Waals surface area (Å²) in [4.78, 5) is 0. The van der Waals surface area contributed by atoms with Gasteiger partial charge in [0.2, 0.25) is 0 Å². The number of rotatable bonds is 6. The maximum Gasteiger partial charge on any atom is 0.128 e. The highest BCUT2D eigenvalue weighted by atomic mass is 16.5. The van der Waals surface area contributed by atoms with E-state index in [0.29, 0.717) is 0 Å². The number of fused-ring (bicyclic) bond motifs is 1. The second kappa shape index (κ2) is 7.97. The fourth-order valence-corrected chi connectivity index (χ4v) is 3.45. The highest BCUT2D eigenvalue weighted by molar-refractivity contribution is 5.80. The molecule has 4 rings (SSSR count). The molecule has 128 valence electrons. The highest BCUT2D eigenvalue weighted by Crippen LogP contribution is 2.38. The van der Waals surface area contributed by atoms with Gasteiger partial charge in [-0.05, 0) is 22.8 Å². The van der Waals surface area contributed by atoms with Crippen LogP contribution in [0, 0.1) is 6.42 Å². The van der Waals surface area contributed by atoms with Gasteiger partial charge in [0.15, 0.2) is 0 Å². The van der Waals surface area contributed by atoms with E-state index in [-0.39, 0.29) is 6.10 Å². The lowest BCUT2D eigenvalue weighted by Gasteiger charge is -2.26. The smallest absolute Gasteiger partial charge is 0.128 e. The molecule has 3 aromatic rings. The molecule has 1 aliphatic heterocycles. The predicted molar refractivity (Wildman–Crippen MR) is 108 cm³/mol. The SMILES string of the molecule is C1=C(c2ccccc2)OC(CC[CH+]Cc2ccccc2)c2ccccc21. The molecule has 1 heteroatoms. The topological polar surface area (TPSA) is 9.23 Å². The second-order valence-corrected chi connectivity index (χ2v) is 6.67. The first-order valence-corrected chi connectivity index (χ1v) is 9.28. The van der Waals surface area contributed by atoms with Crippen molar-refractivity contribution in [3.8, 4) is 0 Å². The summed E-state index contributed by atoms with van der Waals surface area (Å²) < 4.78 is 6.39. The van der Waals surface area contributed by atoms with Gasteiger partial charge >= 0.3 is 0 Å². The maximum absolute atomic E-state index is 6.39. The van der Waals surface area contributed by atoms with Gasteiger partial charge < -0.3 is 4.74 Å². The first-order chi connectivity index (χ1) is 12.9. The molecule has 1 unspecified atom stereocenters. The molecule has 0 aromatic heterocycles. The fourth-order valence-electron chi connectivity index (χ4n) is 3.45. The Hall–Kier alpha value is -2.93. The number of ether oxygens (including phenoxy) is 1. The lowest BCUT2D eigenvalue weighted by Crippen LogP contribution is -2.10. The van der Waals surface area contributed by atoms with E-state index < -0.39 is 0 Å². The number of benzene rings is 3. The third kappa shape index (κ3) is 3.83. The van der Waals surface area contributed by atoms with Crippen LogP contribution in [-0.4, -0.2) is 0 Å². The Kier molecular flexibility index (Phi) is 5.07. The number of hydrogen-bond donors (Lipinski definition) is 0. The molecule has 1 aliphatic rings. The maximum atomic E-state index is 6.39. The van der Waals surface area contributed by atoms with Crippen molar-refractivity contribution >= 4 is 11.8 Å². The van der Waals surface area contributed by atoms with Gasteiger partial charge in [-0.15, -0.1) is 0 Å². The van der Waals surface area contributed by atoms with Crippen LogP contribution in [-0.2, 0) is 11.2 Å². The van der Waals surface area contributed by atoms with E-state index >= 15 is 0 Å². The molecule has 1 nitrogen and oxygen atoms in total. The Balaban J connectivity index is 1.45. The van der Waals surface area contributed by atoms with Crippen molar-refractivity contribution < 1.29 is 4.74 Å². The van der Waals surface area contributed by atoms with Gasteiger partial charge in [-0.1, -0.05) is 84.9 Å². The van der Waals surface area contributed by atoms with Crippen molar-refractivity contribution in [2.24, 2.45) is 0 Å². The number of unbranched alkanes of at least 4 members (excludes halogenated alkanes) is 1. The van der Waals surface area contributed by atoms with E-state index in [4.69, 9.17) is 4.74 Å². The van der Waals surface area contributed by atoms with Crippen LogP contribution < -0.4 is 0 Å². The molecule has 0 spiro atoms. The Labute approximate surface area is 156 Å². The third-order valence-electron chi connectivity index (χ3n) is 4.81. The summed E-state index contributed by atoms with van der Waals surface area (Å²) in [6, 6.07) is 29.6. The van der Waals surface area contributed by atoms with E-state index in [1.807, 2.05) is 6.07 Å². The fraction of sp³-hybridized carbons (Fsp3) is 0.160. The molecule has 0 fully saturated rings. The van der Waals surface area contributed by atoms with Crippen LogP contribution in [0.4, 0.5) is 0 Å². The first kappa shape index (κ1) is 16.5. The van der Waals surface area contributed by atoms with Gasteiger partial charge in [0.05, 0.1) is 12.8 Å². The molecule has 1 atom stereocenters. The normalized spacial score (nSPS) is 15.5. The summed E-state index contributed by atoms with van der Waals surface area (Å²) in [7, 11) is 0. The minimum absolute atomic E-state index is 0.110. The van der Waals surface area contributed by atoms with Crippen LogP contribution in [0.15, 0.2) is 84.9 Å². The van der Waals surface area contributed by atoms with E-state index in [0.717, 1.165) is 30.6 Å². The standard InChI is InChI=1S/C25H23O/c1-3-11-20(12-4-1)13-7-10-18-24-23-17-9-8-16-22(23)19-25(26-24)21-14-5-2-6-15-21/h1-9,11-12,14-17,19,24H,10,13,18H2/q+1. The van der Waals surface area contributed by atoms with Gasteiger partial charge in [-0.3, -0.25) is 0 Å². The van der Waals surface area contributed by atoms with E-state index in [1.165, 1.54) is 16.7 Å². The molecule has 0 radical (unpaired) electrons.